The largest absolute Gasteiger partial charge is 0.317 e. The standard InChI is InChI=1S/C13H14N2O/c14-8-9-1-3-10(4-2-9)13-6-5-12(15-16)11(13)7-13/h1-4,11-12,15-16H,5-7H2. The van der Waals surface area contributed by atoms with Gasteiger partial charge in [-0.05, 0) is 42.9 Å². The van der Waals surface area contributed by atoms with E-state index in [0.29, 0.717) is 11.5 Å². The number of fused-ring (bicyclic) bond motifs is 1. The third kappa shape index (κ3) is 1.21. The van der Waals surface area contributed by atoms with Crippen molar-refractivity contribution in [2.24, 2.45) is 5.92 Å². The molecule has 0 bridgehead atoms. The number of hydrogen-bond donors (Lipinski definition) is 2. The first-order valence-electron chi connectivity index (χ1n) is 5.70. The van der Waals surface area contributed by atoms with Crippen LogP contribution in [0, 0.1) is 17.2 Å². The molecule has 0 aliphatic heterocycles. The van der Waals surface area contributed by atoms with Gasteiger partial charge in [0.1, 0.15) is 0 Å². The van der Waals surface area contributed by atoms with Gasteiger partial charge in [-0.2, -0.15) is 5.26 Å². The minimum atomic E-state index is 0.260. The fraction of sp³-hybridized carbons (Fsp3) is 0.462. The molecule has 0 heterocycles. The fourth-order valence-corrected chi connectivity index (χ4v) is 3.27. The topological polar surface area (TPSA) is 56.0 Å². The number of nitrogens with zero attached hydrogens (tertiary/aromatic N) is 1. The van der Waals surface area contributed by atoms with Crippen LogP contribution in [0.4, 0.5) is 0 Å². The first kappa shape index (κ1) is 9.83. The summed E-state index contributed by atoms with van der Waals surface area (Å²) in [6.07, 6.45) is 3.35. The van der Waals surface area contributed by atoms with Gasteiger partial charge in [0.15, 0.2) is 0 Å². The number of nitrogens with one attached hydrogen (secondary N) is 1. The van der Waals surface area contributed by atoms with Crippen molar-refractivity contribution in [3.63, 3.8) is 0 Å². The van der Waals surface area contributed by atoms with Crippen molar-refractivity contribution in [3.05, 3.63) is 35.4 Å². The van der Waals surface area contributed by atoms with Crippen molar-refractivity contribution in [1.29, 1.82) is 5.26 Å². The van der Waals surface area contributed by atoms with Crippen LogP contribution < -0.4 is 5.48 Å². The second-order valence-electron chi connectivity index (χ2n) is 4.93. The van der Waals surface area contributed by atoms with E-state index < -0.39 is 0 Å². The molecule has 2 N–H and O–H groups in total. The van der Waals surface area contributed by atoms with Gasteiger partial charge >= 0.3 is 0 Å². The van der Waals surface area contributed by atoms with Crippen molar-refractivity contribution >= 4 is 0 Å². The average Bonchev–Trinajstić information content (AvgIpc) is 2.98. The van der Waals surface area contributed by atoms with Crippen LogP contribution >= 0.6 is 0 Å². The van der Waals surface area contributed by atoms with E-state index >= 15 is 0 Å². The lowest BCUT2D eigenvalue weighted by atomic mass is 9.93. The van der Waals surface area contributed by atoms with Gasteiger partial charge in [0.05, 0.1) is 11.6 Å². The van der Waals surface area contributed by atoms with E-state index in [9.17, 15) is 0 Å². The van der Waals surface area contributed by atoms with Crippen molar-refractivity contribution in [3.8, 4) is 6.07 Å². The highest BCUT2D eigenvalue weighted by molar-refractivity contribution is 5.41. The summed E-state index contributed by atoms with van der Waals surface area (Å²) in [5, 5.41) is 17.8. The molecule has 2 aliphatic carbocycles. The lowest BCUT2D eigenvalue weighted by Gasteiger charge is -2.11. The molecule has 82 valence electrons. The average molecular weight is 214 g/mol. The minimum Gasteiger partial charge on any atom is -0.317 e. The monoisotopic (exact) mass is 214 g/mol. The smallest absolute Gasteiger partial charge is 0.0991 e. The summed E-state index contributed by atoms with van der Waals surface area (Å²) >= 11 is 0. The number of hydroxylamine groups is 1. The lowest BCUT2D eigenvalue weighted by molar-refractivity contribution is 0.119. The number of nitriles is 1. The summed E-state index contributed by atoms with van der Waals surface area (Å²) in [6.45, 7) is 0. The third-order valence-electron chi connectivity index (χ3n) is 4.28. The lowest BCUT2D eigenvalue weighted by Crippen LogP contribution is -2.25. The molecule has 0 saturated heterocycles. The van der Waals surface area contributed by atoms with E-state index in [1.807, 2.05) is 12.1 Å². The Bertz CT molecular complexity index is 448. The SMILES string of the molecule is N#Cc1ccc(C23CCC(NO)C2C3)cc1. The predicted octanol–water partition coefficient (Wildman–Crippen LogP) is 1.96. The molecule has 3 rings (SSSR count). The molecule has 0 amide bonds. The van der Waals surface area contributed by atoms with Crippen LogP contribution in [-0.2, 0) is 5.41 Å². The maximum absolute atomic E-state index is 9.01. The van der Waals surface area contributed by atoms with E-state index in [4.69, 9.17) is 10.5 Å². The summed E-state index contributed by atoms with van der Waals surface area (Å²) in [5.74, 6) is 0.574. The molecule has 3 atom stereocenters. The van der Waals surface area contributed by atoms with Gasteiger partial charge in [-0.3, -0.25) is 0 Å². The summed E-state index contributed by atoms with van der Waals surface area (Å²) in [4.78, 5) is 0. The van der Waals surface area contributed by atoms with Gasteiger partial charge in [-0.15, -0.1) is 0 Å². The highest BCUT2D eigenvalue weighted by atomic mass is 16.5. The van der Waals surface area contributed by atoms with Crippen LogP contribution in [0.5, 0.6) is 0 Å². The summed E-state index contributed by atoms with van der Waals surface area (Å²) in [7, 11) is 0. The highest BCUT2D eigenvalue weighted by Gasteiger charge is 2.62. The molecular formula is C13H14N2O. The molecule has 16 heavy (non-hydrogen) atoms. The maximum atomic E-state index is 9.01. The maximum Gasteiger partial charge on any atom is 0.0991 e. The molecule has 1 aromatic rings. The van der Waals surface area contributed by atoms with Gasteiger partial charge in [-0.1, -0.05) is 12.1 Å². The van der Waals surface area contributed by atoms with Gasteiger partial charge in [-0.25, -0.2) is 5.48 Å². The normalized spacial score (nSPS) is 35.5. The van der Waals surface area contributed by atoms with Crippen LogP contribution in [0.2, 0.25) is 0 Å². The number of rotatable bonds is 2. The van der Waals surface area contributed by atoms with E-state index in [0.717, 1.165) is 19.3 Å². The Hall–Kier alpha value is -1.37. The van der Waals surface area contributed by atoms with Gasteiger partial charge in [0, 0.05) is 11.5 Å². The van der Waals surface area contributed by atoms with Crippen LogP contribution in [0.25, 0.3) is 0 Å². The molecule has 0 radical (unpaired) electrons. The summed E-state index contributed by atoms with van der Waals surface area (Å²) < 4.78 is 0. The van der Waals surface area contributed by atoms with Crippen molar-refractivity contribution in [2.45, 2.75) is 30.7 Å². The second kappa shape index (κ2) is 3.31. The Labute approximate surface area is 94.7 Å². The van der Waals surface area contributed by atoms with Crippen LogP contribution in [0.1, 0.15) is 30.4 Å². The Morgan fingerprint density at radius 2 is 2.12 bits per heavy atom. The first-order chi connectivity index (χ1) is 7.80. The zero-order chi connectivity index (χ0) is 11.2. The molecule has 0 aromatic heterocycles. The Morgan fingerprint density at radius 3 is 2.62 bits per heavy atom. The molecule has 3 heteroatoms. The van der Waals surface area contributed by atoms with E-state index in [1.54, 1.807) is 0 Å². The van der Waals surface area contributed by atoms with Crippen molar-refractivity contribution in [2.75, 3.05) is 0 Å². The molecule has 0 spiro atoms. The zero-order valence-corrected chi connectivity index (χ0v) is 8.98. The quantitative estimate of drug-likeness (QED) is 0.740. The summed E-state index contributed by atoms with van der Waals surface area (Å²) in [5.41, 5.74) is 4.75. The van der Waals surface area contributed by atoms with Crippen LogP contribution in [0.3, 0.4) is 0 Å². The molecular weight excluding hydrogens is 200 g/mol. The number of benzene rings is 1. The Balaban J connectivity index is 1.87. The molecule has 2 fully saturated rings. The number of hydrogen-bond acceptors (Lipinski definition) is 3. The van der Waals surface area contributed by atoms with E-state index in [1.165, 1.54) is 5.56 Å². The highest BCUT2D eigenvalue weighted by Crippen LogP contribution is 2.64. The minimum absolute atomic E-state index is 0.260. The molecule has 1 aromatic carbocycles. The zero-order valence-electron chi connectivity index (χ0n) is 8.98. The van der Waals surface area contributed by atoms with Crippen molar-refractivity contribution < 1.29 is 5.21 Å². The molecule has 2 saturated carbocycles. The Morgan fingerprint density at radius 1 is 1.38 bits per heavy atom. The van der Waals surface area contributed by atoms with E-state index in [2.05, 4.69) is 23.7 Å². The molecule has 3 nitrogen and oxygen atoms in total. The van der Waals surface area contributed by atoms with Gasteiger partial charge in [0.25, 0.3) is 0 Å². The molecule has 3 unspecified atom stereocenters. The third-order valence-corrected chi connectivity index (χ3v) is 4.28. The van der Waals surface area contributed by atoms with Crippen LogP contribution in [-0.4, -0.2) is 11.2 Å². The fourth-order valence-electron chi connectivity index (χ4n) is 3.27. The van der Waals surface area contributed by atoms with Gasteiger partial charge < -0.3 is 5.21 Å². The molecule has 2 aliphatic rings. The van der Waals surface area contributed by atoms with Crippen LogP contribution in [0.15, 0.2) is 24.3 Å². The van der Waals surface area contributed by atoms with E-state index in [-0.39, 0.29) is 11.5 Å². The predicted molar refractivity (Wildman–Crippen MR) is 58.9 cm³/mol. The Kier molecular flexibility index (Phi) is 2.03. The van der Waals surface area contributed by atoms with Gasteiger partial charge in [0.2, 0.25) is 0 Å². The summed E-state index contributed by atoms with van der Waals surface area (Å²) in [6, 6.07) is 10.3. The van der Waals surface area contributed by atoms with Crippen molar-refractivity contribution in [1.82, 2.24) is 5.48 Å². The second-order valence-corrected chi connectivity index (χ2v) is 4.93. The first-order valence-corrected chi connectivity index (χ1v) is 5.70.